The van der Waals surface area contributed by atoms with Crippen LogP contribution in [0.4, 0.5) is 0 Å². The minimum atomic E-state index is -0.897. The number of carboxylic acid groups (broad SMARTS) is 1. The van der Waals surface area contributed by atoms with Gasteiger partial charge in [-0.3, -0.25) is 0 Å². The first-order valence-corrected chi connectivity index (χ1v) is 10.2. The van der Waals surface area contributed by atoms with Crippen LogP contribution >= 0.6 is 0 Å². The number of benzene rings is 1. The summed E-state index contributed by atoms with van der Waals surface area (Å²) in [5.74, 6) is 0.907. The Labute approximate surface area is 153 Å². The maximum absolute atomic E-state index is 10.6. The highest BCUT2D eigenvalue weighted by Gasteiger charge is 2.20. The first-order chi connectivity index (χ1) is 12.2. The Morgan fingerprint density at radius 3 is 2.28 bits per heavy atom. The first-order valence-electron chi connectivity index (χ1n) is 10.2. The fourth-order valence-corrected chi connectivity index (χ4v) is 4.03. The zero-order chi connectivity index (χ0) is 17.9. The van der Waals surface area contributed by atoms with Gasteiger partial charge >= 0.3 is 5.97 Å². The molecule has 1 aliphatic rings. The lowest BCUT2D eigenvalue weighted by Gasteiger charge is -2.28. The largest absolute Gasteiger partial charge is 0.478 e. The molecule has 2 nitrogen and oxygen atoms in total. The van der Waals surface area contributed by atoms with Crippen molar-refractivity contribution in [2.24, 2.45) is 11.8 Å². The summed E-state index contributed by atoms with van der Waals surface area (Å²) in [6.45, 7) is 2.28. The third-order valence-corrected chi connectivity index (χ3v) is 5.60. The van der Waals surface area contributed by atoms with Crippen LogP contribution in [0.15, 0.2) is 30.3 Å². The SMILES string of the molecule is CCCCCCC[C@H]1CC[C@H](Cc2ccc(/C=C/C(=O)O)cc2)CC1. The molecule has 1 fully saturated rings. The molecular formula is C23H34O2. The van der Waals surface area contributed by atoms with Crippen LogP contribution in [-0.4, -0.2) is 11.1 Å². The number of carbonyl (C=O) groups is 1. The van der Waals surface area contributed by atoms with Gasteiger partial charge in [0.15, 0.2) is 0 Å². The minimum Gasteiger partial charge on any atom is -0.478 e. The smallest absolute Gasteiger partial charge is 0.328 e. The van der Waals surface area contributed by atoms with Crippen LogP contribution in [0.25, 0.3) is 6.08 Å². The molecule has 0 radical (unpaired) electrons. The summed E-state index contributed by atoms with van der Waals surface area (Å²) in [5, 5.41) is 8.67. The van der Waals surface area contributed by atoms with Crippen molar-refractivity contribution < 1.29 is 9.90 Å². The van der Waals surface area contributed by atoms with Gasteiger partial charge in [0, 0.05) is 6.08 Å². The zero-order valence-electron chi connectivity index (χ0n) is 15.8. The summed E-state index contributed by atoms with van der Waals surface area (Å²) < 4.78 is 0. The Kier molecular flexibility index (Phi) is 8.79. The molecule has 0 unspecified atom stereocenters. The highest BCUT2D eigenvalue weighted by atomic mass is 16.4. The molecule has 0 spiro atoms. The zero-order valence-corrected chi connectivity index (χ0v) is 15.8. The highest BCUT2D eigenvalue weighted by molar-refractivity contribution is 5.85. The van der Waals surface area contributed by atoms with Crippen LogP contribution in [0.2, 0.25) is 0 Å². The van der Waals surface area contributed by atoms with Crippen LogP contribution in [0.5, 0.6) is 0 Å². The van der Waals surface area contributed by atoms with E-state index in [-0.39, 0.29) is 0 Å². The van der Waals surface area contributed by atoms with Gasteiger partial charge in [0.2, 0.25) is 0 Å². The number of rotatable bonds is 10. The molecule has 25 heavy (non-hydrogen) atoms. The average molecular weight is 343 g/mol. The molecule has 0 heterocycles. The molecule has 1 aromatic carbocycles. The van der Waals surface area contributed by atoms with E-state index in [1.807, 2.05) is 12.1 Å². The molecule has 2 rings (SSSR count). The van der Waals surface area contributed by atoms with Crippen molar-refractivity contribution in [1.29, 1.82) is 0 Å². The van der Waals surface area contributed by atoms with Gasteiger partial charge in [-0.1, -0.05) is 82.6 Å². The molecular weight excluding hydrogens is 308 g/mol. The Bertz CT molecular complexity index is 522. The molecule has 1 aliphatic carbocycles. The van der Waals surface area contributed by atoms with Gasteiger partial charge in [0.1, 0.15) is 0 Å². The second kappa shape index (κ2) is 11.1. The summed E-state index contributed by atoms with van der Waals surface area (Å²) in [4.78, 5) is 10.6. The summed E-state index contributed by atoms with van der Waals surface area (Å²) in [5.41, 5.74) is 2.34. The molecule has 0 aliphatic heterocycles. The van der Waals surface area contributed by atoms with Crippen molar-refractivity contribution >= 4 is 12.0 Å². The van der Waals surface area contributed by atoms with Gasteiger partial charge in [-0.2, -0.15) is 0 Å². The summed E-state index contributed by atoms with van der Waals surface area (Å²) >= 11 is 0. The fraction of sp³-hybridized carbons (Fsp3) is 0.609. The second-order valence-electron chi connectivity index (χ2n) is 7.71. The van der Waals surface area contributed by atoms with Crippen LogP contribution in [0, 0.1) is 11.8 Å². The first kappa shape index (κ1) is 19.8. The molecule has 0 amide bonds. The van der Waals surface area contributed by atoms with Crippen molar-refractivity contribution in [3.63, 3.8) is 0 Å². The highest BCUT2D eigenvalue weighted by Crippen LogP contribution is 2.33. The lowest BCUT2D eigenvalue weighted by molar-refractivity contribution is -0.131. The molecule has 0 aromatic heterocycles. The molecule has 1 saturated carbocycles. The molecule has 1 N–H and O–H groups in total. The number of unbranched alkanes of at least 4 members (excludes halogenated alkanes) is 4. The van der Waals surface area contributed by atoms with Crippen LogP contribution < -0.4 is 0 Å². The summed E-state index contributed by atoms with van der Waals surface area (Å²) in [7, 11) is 0. The van der Waals surface area contributed by atoms with E-state index in [1.54, 1.807) is 6.08 Å². The van der Waals surface area contributed by atoms with Crippen LogP contribution in [0.3, 0.4) is 0 Å². The Morgan fingerprint density at radius 1 is 1.00 bits per heavy atom. The van der Waals surface area contributed by atoms with E-state index in [0.717, 1.165) is 17.4 Å². The van der Waals surface area contributed by atoms with Gasteiger partial charge in [-0.25, -0.2) is 4.79 Å². The van der Waals surface area contributed by atoms with Crippen LogP contribution in [-0.2, 0) is 11.2 Å². The monoisotopic (exact) mass is 342 g/mol. The van der Waals surface area contributed by atoms with E-state index in [0.29, 0.717) is 0 Å². The van der Waals surface area contributed by atoms with Crippen LogP contribution in [0.1, 0.15) is 82.3 Å². The maximum Gasteiger partial charge on any atom is 0.328 e. The van der Waals surface area contributed by atoms with E-state index in [2.05, 4.69) is 19.1 Å². The van der Waals surface area contributed by atoms with Crippen molar-refractivity contribution in [2.75, 3.05) is 0 Å². The van der Waals surface area contributed by atoms with Crippen molar-refractivity contribution in [2.45, 2.75) is 77.6 Å². The van der Waals surface area contributed by atoms with Gasteiger partial charge in [0.05, 0.1) is 0 Å². The quantitative estimate of drug-likeness (QED) is 0.389. The Hall–Kier alpha value is -1.57. The third-order valence-electron chi connectivity index (χ3n) is 5.60. The second-order valence-corrected chi connectivity index (χ2v) is 7.71. The summed E-state index contributed by atoms with van der Waals surface area (Å²) in [6, 6.07) is 8.36. The van der Waals surface area contributed by atoms with Crippen molar-refractivity contribution in [3.05, 3.63) is 41.5 Å². The average Bonchev–Trinajstić information content (AvgIpc) is 2.62. The molecule has 0 saturated heterocycles. The van der Waals surface area contributed by atoms with Crippen molar-refractivity contribution in [3.8, 4) is 0 Å². The molecule has 0 bridgehead atoms. The fourth-order valence-electron chi connectivity index (χ4n) is 4.03. The van der Waals surface area contributed by atoms with Gasteiger partial charge in [-0.15, -0.1) is 0 Å². The number of hydrogen-bond donors (Lipinski definition) is 1. The molecule has 1 aromatic rings. The van der Waals surface area contributed by atoms with E-state index in [1.165, 1.54) is 82.3 Å². The van der Waals surface area contributed by atoms with Gasteiger partial charge < -0.3 is 5.11 Å². The van der Waals surface area contributed by atoms with E-state index in [4.69, 9.17) is 5.11 Å². The molecule has 2 heteroatoms. The topological polar surface area (TPSA) is 37.3 Å². The Morgan fingerprint density at radius 2 is 1.64 bits per heavy atom. The number of carboxylic acids is 1. The third kappa shape index (κ3) is 7.90. The van der Waals surface area contributed by atoms with E-state index >= 15 is 0 Å². The van der Waals surface area contributed by atoms with Gasteiger partial charge in [0.25, 0.3) is 0 Å². The maximum atomic E-state index is 10.6. The lowest BCUT2D eigenvalue weighted by Crippen LogP contribution is -2.16. The molecule has 0 atom stereocenters. The van der Waals surface area contributed by atoms with E-state index < -0.39 is 5.97 Å². The summed E-state index contributed by atoms with van der Waals surface area (Å²) in [6.07, 6.45) is 18.1. The standard InChI is InChI=1S/C23H34O2/c1-2-3-4-5-6-7-19-8-12-21(13-9-19)18-22-14-10-20(11-15-22)16-17-23(24)25/h10-11,14-17,19,21H,2-9,12-13,18H2,1H3,(H,24,25)/b17-16+/t19-,21-. The molecule has 138 valence electrons. The van der Waals surface area contributed by atoms with Crippen molar-refractivity contribution in [1.82, 2.24) is 0 Å². The predicted octanol–water partition coefficient (Wildman–Crippen LogP) is 6.49. The van der Waals surface area contributed by atoms with E-state index in [9.17, 15) is 4.79 Å². The predicted molar refractivity (Wildman–Crippen MR) is 106 cm³/mol. The minimum absolute atomic E-state index is 0.830. The lowest BCUT2D eigenvalue weighted by atomic mass is 9.77. The number of hydrogen-bond acceptors (Lipinski definition) is 1. The number of aliphatic carboxylic acids is 1. The Balaban J connectivity index is 1.67. The van der Waals surface area contributed by atoms with Gasteiger partial charge in [-0.05, 0) is 48.3 Å². The normalized spacial score (nSPS) is 20.8.